The molecule has 0 bridgehead atoms. The average molecular weight is 352 g/mol. The molecule has 0 aliphatic heterocycles. The molecule has 2 aromatic carbocycles. The monoisotopic (exact) mass is 351 g/mol. The molecule has 0 spiro atoms. The van der Waals surface area contributed by atoms with Crippen LogP contribution in [-0.4, -0.2) is 12.5 Å². The van der Waals surface area contributed by atoms with Gasteiger partial charge in [0.05, 0.1) is 11.1 Å². The quantitative estimate of drug-likeness (QED) is 0.799. The summed E-state index contributed by atoms with van der Waals surface area (Å²) < 4.78 is 5.45. The Morgan fingerprint density at radius 2 is 1.87 bits per heavy atom. The van der Waals surface area contributed by atoms with Crippen molar-refractivity contribution >= 4 is 29.1 Å². The fraction of sp³-hybridized carbons (Fsp3) is 0.278. The highest BCUT2D eigenvalue weighted by molar-refractivity contribution is 6.34. The van der Waals surface area contributed by atoms with Gasteiger partial charge in [0, 0.05) is 11.1 Å². The van der Waals surface area contributed by atoms with Crippen LogP contribution in [0, 0.1) is 6.92 Å². The second-order valence-electron chi connectivity index (χ2n) is 5.30. The van der Waals surface area contributed by atoms with Gasteiger partial charge in [-0.05, 0) is 31.0 Å². The molecule has 5 heteroatoms. The van der Waals surface area contributed by atoms with Crippen molar-refractivity contribution in [1.29, 1.82) is 0 Å². The summed E-state index contributed by atoms with van der Waals surface area (Å²) in [7, 11) is 0. The summed E-state index contributed by atoms with van der Waals surface area (Å²) in [6.07, 6.45) is 0.798. The second kappa shape index (κ2) is 8.23. The molecule has 0 unspecified atom stereocenters. The zero-order valence-corrected chi connectivity index (χ0v) is 14.6. The van der Waals surface area contributed by atoms with Gasteiger partial charge >= 0.3 is 0 Å². The number of hydrogen-bond donors (Lipinski definition) is 1. The highest BCUT2D eigenvalue weighted by Gasteiger charge is 2.13. The van der Waals surface area contributed by atoms with Gasteiger partial charge in [-0.2, -0.15) is 0 Å². The van der Waals surface area contributed by atoms with Crippen LogP contribution in [-0.2, 0) is 4.79 Å². The van der Waals surface area contributed by atoms with E-state index in [1.165, 1.54) is 5.56 Å². The smallest absolute Gasteiger partial charge is 0.258 e. The maximum Gasteiger partial charge on any atom is 0.258 e. The first-order valence-electron chi connectivity index (χ1n) is 7.43. The molecule has 0 saturated heterocycles. The Hall–Kier alpha value is -1.71. The van der Waals surface area contributed by atoms with Crippen LogP contribution in [0.3, 0.4) is 0 Å². The molecule has 0 aromatic heterocycles. The normalized spacial score (nSPS) is 11.8. The number of rotatable bonds is 6. The Labute approximate surface area is 146 Å². The molecule has 0 aliphatic rings. The molecule has 2 rings (SSSR count). The molecule has 122 valence electrons. The standard InChI is InChI=1S/C18H19Cl2NO2/c1-3-16(13-6-4-12(2)5-7-13)21-18(22)11-23-17-10-14(19)8-9-15(17)20/h4-10,16H,3,11H2,1-2H3,(H,21,22)/t16-/m0/s1. The minimum Gasteiger partial charge on any atom is -0.482 e. The molecule has 0 heterocycles. The van der Waals surface area contributed by atoms with E-state index in [-0.39, 0.29) is 18.6 Å². The van der Waals surface area contributed by atoms with Gasteiger partial charge in [-0.3, -0.25) is 4.79 Å². The van der Waals surface area contributed by atoms with Crippen LogP contribution in [0.2, 0.25) is 10.0 Å². The molecule has 1 atom stereocenters. The van der Waals surface area contributed by atoms with Gasteiger partial charge in [-0.25, -0.2) is 0 Å². The molecule has 0 saturated carbocycles. The molecule has 0 aliphatic carbocycles. The third kappa shape index (κ3) is 5.15. The lowest BCUT2D eigenvalue weighted by molar-refractivity contribution is -0.123. The van der Waals surface area contributed by atoms with Gasteiger partial charge in [-0.15, -0.1) is 0 Å². The van der Waals surface area contributed by atoms with Gasteiger partial charge in [0.2, 0.25) is 0 Å². The lowest BCUT2D eigenvalue weighted by Crippen LogP contribution is -2.32. The first-order valence-corrected chi connectivity index (χ1v) is 8.19. The highest BCUT2D eigenvalue weighted by Crippen LogP contribution is 2.27. The molecule has 1 amide bonds. The van der Waals surface area contributed by atoms with Gasteiger partial charge in [0.15, 0.2) is 6.61 Å². The summed E-state index contributed by atoms with van der Waals surface area (Å²) in [5, 5.41) is 3.90. The van der Waals surface area contributed by atoms with E-state index in [0.29, 0.717) is 15.8 Å². The molecule has 3 nitrogen and oxygen atoms in total. The lowest BCUT2D eigenvalue weighted by atomic mass is 10.0. The molecular weight excluding hydrogens is 333 g/mol. The number of amides is 1. The lowest BCUT2D eigenvalue weighted by Gasteiger charge is -2.18. The molecule has 2 aromatic rings. The maximum atomic E-state index is 12.1. The third-order valence-corrected chi connectivity index (χ3v) is 4.02. The van der Waals surface area contributed by atoms with Crippen molar-refractivity contribution in [2.24, 2.45) is 0 Å². The van der Waals surface area contributed by atoms with E-state index >= 15 is 0 Å². The Balaban J connectivity index is 1.95. The number of aryl methyl sites for hydroxylation is 1. The Morgan fingerprint density at radius 1 is 1.17 bits per heavy atom. The summed E-state index contributed by atoms with van der Waals surface area (Å²) in [5.74, 6) is 0.200. The first kappa shape index (κ1) is 17.6. The largest absolute Gasteiger partial charge is 0.482 e. The van der Waals surface area contributed by atoms with Crippen LogP contribution in [0.1, 0.15) is 30.5 Å². The summed E-state index contributed by atoms with van der Waals surface area (Å²) in [6.45, 7) is 3.95. The van der Waals surface area contributed by atoms with E-state index in [1.54, 1.807) is 18.2 Å². The first-order chi connectivity index (χ1) is 11.0. The minimum atomic E-state index is -0.200. The van der Waals surface area contributed by atoms with E-state index in [4.69, 9.17) is 27.9 Å². The van der Waals surface area contributed by atoms with Gasteiger partial charge in [0.1, 0.15) is 5.75 Å². The van der Waals surface area contributed by atoms with E-state index < -0.39 is 0 Å². The van der Waals surface area contributed by atoms with Crippen LogP contribution in [0.15, 0.2) is 42.5 Å². The number of nitrogens with one attached hydrogen (secondary N) is 1. The van der Waals surface area contributed by atoms with Crippen LogP contribution in [0.5, 0.6) is 5.75 Å². The molecule has 0 fully saturated rings. The van der Waals surface area contributed by atoms with Crippen molar-refractivity contribution in [3.63, 3.8) is 0 Å². The average Bonchev–Trinajstić information content (AvgIpc) is 2.54. The molecule has 23 heavy (non-hydrogen) atoms. The number of hydrogen-bond acceptors (Lipinski definition) is 2. The Bertz CT molecular complexity index is 671. The summed E-state index contributed by atoms with van der Waals surface area (Å²) in [4.78, 5) is 12.1. The van der Waals surface area contributed by atoms with Gasteiger partial charge in [-0.1, -0.05) is 60.0 Å². The SMILES string of the molecule is CC[C@H](NC(=O)COc1cc(Cl)ccc1Cl)c1ccc(C)cc1. The maximum absolute atomic E-state index is 12.1. The van der Waals surface area contributed by atoms with E-state index in [0.717, 1.165) is 12.0 Å². The number of benzene rings is 2. The number of carbonyl (C=O) groups excluding carboxylic acids is 1. The fourth-order valence-electron chi connectivity index (χ4n) is 2.19. The van der Waals surface area contributed by atoms with Crippen molar-refractivity contribution in [2.45, 2.75) is 26.3 Å². The molecule has 1 N–H and O–H groups in total. The van der Waals surface area contributed by atoms with Crippen molar-refractivity contribution < 1.29 is 9.53 Å². The fourth-order valence-corrected chi connectivity index (χ4v) is 2.52. The predicted octanol–water partition coefficient (Wildman–Crippen LogP) is 4.95. The Morgan fingerprint density at radius 3 is 2.52 bits per heavy atom. The van der Waals surface area contributed by atoms with Gasteiger partial charge in [0.25, 0.3) is 5.91 Å². The van der Waals surface area contributed by atoms with Crippen molar-refractivity contribution in [1.82, 2.24) is 5.32 Å². The zero-order valence-electron chi connectivity index (χ0n) is 13.1. The zero-order chi connectivity index (χ0) is 16.8. The number of ether oxygens (including phenoxy) is 1. The molecule has 0 radical (unpaired) electrons. The van der Waals surface area contributed by atoms with E-state index in [1.807, 2.05) is 38.1 Å². The van der Waals surface area contributed by atoms with Crippen molar-refractivity contribution in [3.8, 4) is 5.75 Å². The van der Waals surface area contributed by atoms with Crippen molar-refractivity contribution in [2.75, 3.05) is 6.61 Å². The number of halogens is 2. The summed E-state index contributed by atoms with van der Waals surface area (Å²) in [6, 6.07) is 13.0. The Kier molecular flexibility index (Phi) is 6.31. The minimum absolute atomic E-state index is 0.0402. The number of carbonyl (C=O) groups is 1. The summed E-state index contributed by atoms with van der Waals surface area (Å²) in [5.41, 5.74) is 2.26. The predicted molar refractivity (Wildman–Crippen MR) is 94.3 cm³/mol. The van der Waals surface area contributed by atoms with E-state index in [2.05, 4.69) is 5.32 Å². The third-order valence-electron chi connectivity index (χ3n) is 3.48. The highest BCUT2D eigenvalue weighted by atomic mass is 35.5. The van der Waals surface area contributed by atoms with Crippen LogP contribution < -0.4 is 10.1 Å². The van der Waals surface area contributed by atoms with E-state index in [9.17, 15) is 4.79 Å². The second-order valence-corrected chi connectivity index (χ2v) is 6.15. The van der Waals surface area contributed by atoms with Gasteiger partial charge < -0.3 is 10.1 Å². The topological polar surface area (TPSA) is 38.3 Å². The van der Waals surface area contributed by atoms with Crippen LogP contribution in [0.25, 0.3) is 0 Å². The molecular formula is C18H19Cl2NO2. The summed E-state index contributed by atoms with van der Waals surface area (Å²) >= 11 is 11.9. The van der Waals surface area contributed by atoms with Crippen LogP contribution >= 0.6 is 23.2 Å². The van der Waals surface area contributed by atoms with Crippen LogP contribution in [0.4, 0.5) is 0 Å². The van der Waals surface area contributed by atoms with Crippen molar-refractivity contribution in [3.05, 3.63) is 63.6 Å².